The molecule has 130 valence electrons. The van der Waals surface area contributed by atoms with Crippen LogP contribution in [0.5, 0.6) is 0 Å². The lowest BCUT2D eigenvalue weighted by Crippen LogP contribution is -2.43. The van der Waals surface area contributed by atoms with Crippen molar-refractivity contribution in [2.45, 2.75) is 12.8 Å². The van der Waals surface area contributed by atoms with Crippen molar-refractivity contribution in [3.63, 3.8) is 0 Å². The van der Waals surface area contributed by atoms with Crippen LogP contribution in [0.2, 0.25) is 5.02 Å². The van der Waals surface area contributed by atoms with Gasteiger partial charge < -0.3 is 20.3 Å². The maximum absolute atomic E-state index is 12.6. The number of anilines is 1. The van der Waals surface area contributed by atoms with Gasteiger partial charge >= 0.3 is 6.03 Å². The molecule has 1 spiro atoms. The Bertz CT molecular complexity index is 631. The predicted octanol–water partition coefficient (Wildman–Crippen LogP) is 2.35. The normalized spacial score (nSPS) is 22.4. The number of hydrogen-bond acceptors (Lipinski definition) is 3. The van der Waals surface area contributed by atoms with Crippen molar-refractivity contribution in [2.24, 2.45) is 11.3 Å². The third kappa shape index (κ3) is 3.35. The number of hydrogen-bond donors (Lipinski definition) is 2. The van der Waals surface area contributed by atoms with E-state index in [1.165, 1.54) is 0 Å². The summed E-state index contributed by atoms with van der Waals surface area (Å²) < 4.78 is 5.46. The third-order valence-electron chi connectivity index (χ3n) is 5.06. The second kappa shape index (κ2) is 6.99. The number of rotatable bonds is 2. The van der Waals surface area contributed by atoms with Crippen molar-refractivity contribution in [3.05, 3.63) is 29.3 Å². The highest BCUT2D eigenvalue weighted by molar-refractivity contribution is 6.30. The summed E-state index contributed by atoms with van der Waals surface area (Å²) >= 11 is 5.96. The van der Waals surface area contributed by atoms with Crippen molar-refractivity contribution >= 4 is 29.2 Å². The van der Waals surface area contributed by atoms with Crippen LogP contribution >= 0.6 is 11.6 Å². The second-order valence-electron chi connectivity index (χ2n) is 6.46. The van der Waals surface area contributed by atoms with Crippen LogP contribution in [0.4, 0.5) is 10.5 Å². The maximum Gasteiger partial charge on any atom is 0.321 e. The third-order valence-corrected chi connectivity index (χ3v) is 5.30. The zero-order valence-electron chi connectivity index (χ0n) is 13.7. The number of urea groups is 1. The molecule has 0 radical (unpaired) electrons. The lowest BCUT2D eigenvalue weighted by atomic mass is 9.72. The first-order valence-corrected chi connectivity index (χ1v) is 8.53. The van der Waals surface area contributed by atoms with Gasteiger partial charge in [-0.2, -0.15) is 0 Å². The fourth-order valence-electron chi connectivity index (χ4n) is 3.71. The van der Waals surface area contributed by atoms with Gasteiger partial charge in [-0.1, -0.05) is 17.7 Å². The molecule has 0 bridgehead atoms. The molecule has 2 aliphatic rings. The predicted molar refractivity (Wildman–Crippen MR) is 92.1 cm³/mol. The Labute approximate surface area is 146 Å². The molecule has 2 heterocycles. The lowest BCUT2D eigenvalue weighted by Gasteiger charge is -2.36. The number of benzene rings is 1. The van der Waals surface area contributed by atoms with Gasteiger partial charge in [-0.3, -0.25) is 4.79 Å². The monoisotopic (exact) mass is 351 g/mol. The smallest absolute Gasteiger partial charge is 0.321 e. The van der Waals surface area contributed by atoms with Gasteiger partial charge in [-0.25, -0.2) is 4.79 Å². The molecule has 1 aromatic carbocycles. The number of likely N-dealkylation sites (tertiary alicyclic amines) is 1. The van der Waals surface area contributed by atoms with E-state index < -0.39 is 0 Å². The van der Waals surface area contributed by atoms with E-state index in [9.17, 15) is 9.59 Å². The molecule has 3 amide bonds. The van der Waals surface area contributed by atoms with E-state index in [0.29, 0.717) is 37.0 Å². The molecule has 0 aromatic heterocycles. The molecule has 2 aliphatic heterocycles. The summed E-state index contributed by atoms with van der Waals surface area (Å²) in [6.07, 6.45) is 1.60. The van der Waals surface area contributed by atoms with Crippen LogP contribution in [0.15, 0.2) is 24.3 Å². The van der Waals surface area contributed by atoms with Crippen molar-refractivity contribution in [1.82, 2.24) is 10.2 Å². The highest BCUT2D eigenvalue weighted by atomic mass is 35.5. The van der Waals surface area contributed by atoms with Gasteiger partial charge in [0, 0.05) is 49.5 Å². The number of ether oxygens (including phenoxy) is 1. The van der Waals surface area contributed by atoms with Gasteiger partial charge in [0.2, 0.25) is 5.91 Å². The number of halogens is 1. The number of amides is 3. The van der Waals surface area contributed by atoms with Gasteiger partial charge in [0.05, 0.1) is 5.92 Å². The van der Waals surface area contributed by atoms with Gasteiger partial charge in [-0.15, -0.1) is 0 Å². The van der Waals surface area contributed by atoms with Gasteiger partial charge in [-0.05, 0) is 31.0 Å². The fourth-order valence-corrected chi connectivity index (χ4v) is 3.90. The molecule has 2 fully saturated rings. The number of carbonyl (C=O) groups is 2. The van der Waals surface area contributed by atoms with E-state index in [-0.39, 0.29) is 23.3 Å². The minimum atomic E-state index is -0.200. The first kappa shape index (κ1) is 17.0. The van der Waals surface area contributed by atoms with Crippen molar-refractivity contribution in [2.75, 3.05) is 38.7 Å². The molecule has 0 saturated carbocycles. The van der Waals surface area contributed by atoms with Crippen LogP contribution in [-0.2, 0) is 9.53 Å². The molecule has 2 N–H and O–H groups in total. The average Bonchev–Trinajstić information content (AvgIpc) is 2.94. The zero-order chi connectivity index (χ0) is 17.2. The minimum absolute atomic E-state index is 0.00467. The van der Waals surface area contributed by atoms with Gasteiger partial charge in [0.15, 0.2) is 0 Å². The largest absolute Gasteiger partial charge is 0.381 e. The number of nitrogens with zero attached hydrogens (tertiary/aromatic N) is 1. The molecule has 3 rings (SSSR count). The summed E-state index contributed by atoms with van der Waals surface area (Å²) in [6, 6.07) is 6.84. The Kier molecular flexibility index (Phi) is 4.96. The molecule has 1 unspecified atom stereocenters. The standard InChI is InChI=1S/C17H22ClN3O3/c1-19-15(22)14-10-21(11-17(14)5-7-24-8-6-17)16(23)20-13-4-2-3-12(18)9-13/h2-4,9,14H,5-8,10-11H2,1H3,(H,19,22)(H,20,23). The average molecular weight is 352 g/mol. The van der Waals surface area contributed by atoms with E-state index in [0.717, 1.165) is 12.8 Å². The SMILES string of the molecule is CNC(=O)C1CN(C(=O)Nc2cccc(Cl)c2)CC12CCOCC2. The molecule has 24 heavy (non-hydrogen) atoms. The molecule has 7 heteroatoms. The van der Waals surface area contributed by atoms with E-state index in [4.69, 9.17) is 16.3 Å². The van der Waals surface area contributed by atoms with Crippen LogP contribution in [0.1, 0.15) is 12.8 Å². The van der Waals surface area contributed by atoms with Crippen molar-refractivity contribution in [3.8, 4) is 0 Å². The van der Waals surface area contributed by atoms with E-state index in [1.807, 2.05) is 0 Å². The van der Waals surface area contributed by atoms with Crippen LogP contribution < -0.4 is 10.6 Å². The summed E-state index contributed by atoms with van der Waals surface area (Å²) in [5.74, 6) is -0.202. The lowest BCUT2D eigenvalue weighted by molar-refractivity contribution is -0.129. The Morgan fingerprint density at radius 2 is 2.08 bits per heavy atom. The Balaban J connectivity index is 1.74. The first-order valence-electron chi connectivity index (χ1n) is 8.15. The van der Waals surface area contributed by atoms with E-state index in [2.05, 4.69) is 10.6 Å². The number of carbonyl (C=O) groups excluding carboxylic acids is 2. The second-order valence-corrected chi connectivity index (χ2v) is 6.90. The Morgan fingerprint density at radius 1 is 1.33 bits per heavy atom. The highest BCUT2D eigenvalue weighted by Crippen LogP contribution is 2.44. The summed E-state index contributed by atoms with van der Waals surface area (Å²) in [7, 11) is 1.64. The summed E-state index contributed by atoms with van der Waals surface area (Å²) in [5, 5.41) is 6.17. The first-order chi connectivity index (χ1) is 11.5. The molecule has 2 saturated heterocycles. The molecular formula is C17H22ClN3O3. The van der Waals surface area contributed by atoms with Gasteiger partial charge in [0.1, 0.15) is 0 Å². The summed E-state index contributed by atoms with van der Waals surface area (Å²) in [4.78, 5) is 26.7. The van der Waals surface area contributed by atoms with E-state index in [1.54, 1.807) is 36.2 Å². The zero-order valence-corrected chi connectivity index (χ0v) is 14.4. The topological polar surface area (TPSA) is 70.7 Å². The van der Waals surface area contributed by atoms with Crippen molar-refractivity contribution < 1.29 is 14.3 Å². The van der Waals surface area contributed by atoms with Crippen LogP contribution in [0.25, 0.3) is 0 Å². The van der Waals surface area contributed by atoms with Crippen molar-refractivity contribution in [1.29, 1.82) is 0 Å². The van der Waals surface area contributed by atoms with Crippen LogP contribution in [0, 0.1) is 11.3 Å². The van der Waals surface area contributed by atoms with Crippen LogP contribution in [-0.4, -0.2) is 50.2 Å². The fraction of sp³-hybridized carbons (Fsp3) is 0.529. The quantitative estimate of drug-likeness (QED) is 0.859. The molecular weight excluding hydrogens is 330 g/mol. The maximum atomic E-state index is 12.6. The minimum Gasteiger partial charge on any atom is -0.381 e. The summed E-state index contributed by atoms with van der Waals surface area (Å²) in [6.45, 7) is 2.27. The number of nitrogens with one attached hydrogen (secondary N) is 2. The Morgan fingerprint density at radius 3 is 2.75 bits per heavy atom. The highest BCUT2D eigenvalue weighted by Gasteiger charge is 2.51. The Hall–Kier alpha value is -1.79. The van der Waals surface area contributed by atoms with E-state index >= 15 is 0 Å². The van der Waals surface area contributed by atoms with Gasteiger partial charge in [0.25, 0.3) is 0 Å². The summed E-state index contributed by atoms with van der Waals surface area (Å²) in [5.41, 5.74) is 0.459. The molecule has 6 nitrogen and oxygen atoms in total. The molecule has 1 aromatic rings. The molecule has 0 aliphatic carbocycles. The molecule has 1 atom stereocenters. The van der Waals surface area contributed by atoms with Crippen LogP contribution in [0.3, 0.4) is 0 Å².